The summed E-state index contributed by atoms with van der Waals surface area (Å²) in [6.45, 7) is 21.0. The lowest BCUT2D eigenvalue weighted by atomic mass is 9.91. The van der Waals surface area contributed by atoms with E-state index in [2.05, 4.69) is 86.6 Å². The molecule has 238 valence electrons. The van der Waals surface area contributed by atoms with Crippen molar-refractivity contribution in [3.8, 4) is 0 Å². The molecule has 1 nitrogen and oxygen atoms in total. The third-order valence-corrected chi connectivity index (χ3v) is 8.71. The maximum atomic E-state index is 8.95. The molecule has 0 unspecified atom stereocenters. The second-order valence-corrected chi connectivity index (χ2v) is 13.9. The molecule has 0 aliphatic carbocycles. The average Bonchev–Trinajstić information content (AvgIpc) is 2.88. The van der Waals surface area contributed by atoms with E-state index in [1.54, 1.807) is 11.1 Å². The van der Waals surface area contributed by atoms with Crippen molar-refractivity contribution in [2.45, 2.75) is 171 Å². The Bertz CT molecular complexity index is 788. The van der Waals surface area contributed by atoms with Gasteiger partial charge in [-0.3, -0.25) is 0 Å². The zero-order chi connectivity index (χ0) is 30.9. The highest BCUT2D eigenvalue weighted by Crippen LogP contribution is 2.22. The van der Waals surface area contributed by atoms with Gasteiger partial charge in [-0.1, -0.05) is 131 Å². The molecule has 1 N–H and O–H groups in total. The molecule has 0 radical (unpaired) electrons. The van der Waals surface area contributed by atoms with Crippen LogP contribution in [-0.4, -0.2) is 11.7 Å². The number of aliphatic hydroxyl groups is 1. The summed E-state index contributed by atoms with van der Waals surface area (Å²) >= 11 is 0. The lowest BCUT2D eigenvalue weighted by Gasteiger charge is -2.15. The molecule has 41 heavy (non-hydrogen) atoms. The highest BCUT2D eigenvalue weighted by molar-refractivity contribution is 5.08. The summed E-state index contributed by atoms with van der Waals surface area (Å²) in [4.78, 5) is 0. The van der Waals surface area contributed by atoms with Gasteiger partial charge in [0, 0.05) is 0 Å². The first-order chi connectivity index (χ1) is 19.5. The van der Waals surface area contributed by atoms with Gasteiger partial charge in [-0.15, -0.1) is 0 Å². The molecule has 0 heterocycles. The van der Waals surface area contributed by atoms with Crippen LogP contribution in [0.3, 0.4) is 0 Å². The lowest BCUT2D eigenvalue weighted by molar-refractivity contribution is 0.341. The van der Waals surface area contributed by atoms with E-state index >= 15 is 0 Å². The fourth-order valence-corrected chi connectivity index (χ4v) is 5.56. The molecule has 0 rings (SSSR count). The Morgan fingerprint density at radius 1 is 0.439 bits per heavy atom. The second kappa shape index (κ2) is 26.3. The number of hydrogen-bond acceptors (Lipinski definition) is 1. The van der Waals surface area contributed by atoms with Crippen molar-refractivity contribution in [3.63, 3.8) is 0 Å². The lowest BCUT2D eigenvalue weighted by Crippen LogP contribution is -2.00. The van der Waals surface area contributed by atoms with E-state index in [9.17, 15) is 0 Å². The topological polar surface area (TPSA) is 20.2 Å². The maximum absolute atomic E-state index is 8.95. The second-order valence-electron chi connectivity index (χ2n) is 13.9. The van der Waals surface area contributed by atoms with Crippen LogP contribution in [0.4, 0.5) is 0 Å². The minimum absolute atomic E-state index is 0.155. The Labute approximate surface area is 258 Å². The number of rotatable bonds is 25. The zero-order valence-corrected chi connectivity index (χ0v) is 29.3. The van der Waals surface area contributed by atoms with Gasteiger partial charge in [0.25, 0.3) is 0 Å². The van der Waals surface area contributed by atoms with Gasteiger partial charge in [0.2, 0.25) is 0 Å². The van der Waals surface area contributed by atoms with Crippen molar-refractivity contribution in [2.75, 3.05) is 6.61 Å². The van der Waals surface area contributed by atoms with Crippen LogP contribution in [0.15, 0.2) is 58.2 Å². The minimum atomic E-state index is 0.155. The van der Waals surface area contributed by atoms with Crippen LogP contribution >= 0.6 is 0 Å². The Morgan fingerprint density at radius 3 is 1.12 bits per heavy atom. The molecule has 0 bridgehead atoms. The van der Waals surface area contributed by atoms with Crippen LogP contribution in [0.2, 0.25) is 0 Å². The molecular weight excluding hydrogens is 496 g/mol. The van der Waals surface area contributed by atoms with Gasteiger partial charge in [-0.25, -0.2) is 0 Å². The summed E-state index contributed by atoms with van der Waals surface area (Å²) in [5.41, 5.74) is 7.40. The molecule has 0 saturated carbocycles. The molecule has 0 aromatic rings. The number of allylic oxidation sites excluding steroid dienone is 9. The normalized spacial score (nSPS) is 15.6. The van der Waals surface area contributed by atoms with Crippen LogP contribution < -0.4 is 0 Å². The number of aliphatic hydroxyl groups excluding tert-OH is 1. The Kier molecular flexibility index (Phi) is 25.4. The van der Waals surface area contributed by atoms with E-state index in [1.807, 2.05) is 6.08 Å². The minimum Gasteiger partial charge on any atom is -0.392 e. The summed E-state index contributed by atoms with van der Waals surface area (Å²) in [6.07, 6.45) is 33.3. The van der Waals surface area contributed by atoms with Crippen LogP contribution in [0, 0.1) is 17.8 Å². The zero-order valence-electron chi connectivity index (χ0n) is 29.3. The van der Waals surface area contributed by atoms with Gasteiger partial charge in [-0.2, -0.15) is 0 Å². The molecule has 0 fully saturated rings. The van der Waals surface area contributed by atoms with E-state index in [1.165, 1.54) is 93.8 Å². The van der Waals surface area contributed by atoms with Gasteiger partial charge in [0.1, 0.15) is 0 Å². The summed E-state index contributed by atoms with van der Waals surface area (Å²) < 4.78 is 0. The first-order valence-corrected chi connectivity index (χ1v) is 17.4. The van der Waals surface area contributed by atoms with Crippen LogP contribution in [0.25, 0.3) is 0 Å². The molecule has 0 aromatic carbocycles. The third kappa shape index (κ3) is 27.3. The average molecular weight is 569 g/mol. The van der Waals surface area contributed by atoms with Crippen LogP contribution in [0.5, 0.6) is 0 Å². The van der Waals surface area contributed by atoms with Crippen molar-refractivity contribution in [3.05, 3.63) is 58.2 Å². The molecule has 0 aromatic heterocycles. The predicted molar refractivity (Wildman–Crippen MR) is 188 cm³/mol. The van der Waals surface area contributed by atoms with Gasteiger partial charge in [0.05, 0.1) is 6.61 Å². The molecule has 1 heteroatoms. The first-order valence-electron chi connectivity index (χ1n) is 17.4. The smallest absolute Gasteiger partial charge is 0.0614 e. The Morgan fingerprint density at radius 2 is 0.756 bits per heavy atom. The summed E-state index contributed by atoms with van der Waals surface area (Å²) in [6, 6.07) is 0. The summed E-state index contributed by atoms with van der Waals surface area (Å²) in [7, 11) is 0. The van der Waals surface area contributed by atoms with Gasteiger partial charge in [-0.05, 0) is 117 Å². The monoisotopic (exact) mass is 569 g/mol. The van der Waals surface area contributed by atoms with Crippen LogP contribution in [-0.2, 0) is 0 Å². The van der Waals surface area contributed by atoms with E-state index in [4.69, 9.17) is 5.11 Å². The Hall–Kier alpha value is -1.34. The first kappa shape index (κ1) is 39.7. The van der Waals surface area contributed by atoms with E-state index < -0.39 is 0 Å². The van der Waals surface area contributed by atoms with Crippen molar-refractivity contribution >= 4 is 0 Å². The summed E-state index contributed by atoms with van der Waals surface area (Å²) in [5, 5.41) is 8.95. The highest BCUT2D eigenvalue weighted by atomic mass is 16.2. The molecule has 2 atom stereocenters. The molecule has 0 aliphatic rings. The molecule has 0 aliphatic heterocycles. The third-order valence-electron chi connectivity index (χ3n) is 8.71. The van der Waals surface area contributed by atoms with E-state index in [0.717, 1.165) is 49.9 Å². The maximum Gasteiger partial charge on any atom is 0.0614 e. The van der Waals surface area contributed by atoms with Crippen molar-refractivity contribution in [2.24, 2.45) is 17.8 Å². The standard InChI is InChI=1S/C40H72O/c1-33(2)17-10-18-34(3)19-11-20-35(4)21-12-22-36(5)23-13-24-37(6)25-14-26-38(7)27-15-28-39(8)29-16-30-40(9)31-32-41/h23,25,27,29,31,33-35,41H,10-22,24,26,28,30,32H2,1-9H3/b36-23+,37-25-,38-27-,39-29-,40-31-/t34-,35-/m1/s1. The largest absolute Gasteiger partial charge is 0.392 e. The highest BCUT2D eigenvalue weighted by Gasteiger charge is 2.07. The van der Waals surface area contributed by atoms with Crippen LogP contribution in [0.1, 0.15) is 171 Å². The fourth-order valence-electron chi connectivity index (χ4n) is 5.56. The van der Waals surface area contributed by atoms with Crippen molar-refractivity contribution < 1.29 is 5.11 Å². The molecular formula is C40H72O. The van der Waals surface area contributed by atoms with Gasteiger partial charge >= 0.3 is 0 Å². The predicted octanol–water partition coefficient (Wildman–Crippen LogP) is 13.3. The van der Waals surface area contributed by atoms with Crippen molar-refractivity contribution in [1.82, 2.24) is 0 Å². The van der Waals surface area contributed by atoms with Gasteiger partial charge < -0.3 is 5.11 Å². The number of hydrogen-bond donors (Lipinski definition) is 1. The van der Waals surface area contributed by atoms with Crippen molar-refractivity contribution in [1.29, 1.82) is 0 Å². The SMILES string of the molecule is C/C(=C/CO)CC/C=C(/C)CC/C=C(/C)CC/C=C(/C)CC/C=C(\C)CCC[C@H](C)CCC[C@H](C)CCCC(C)C. The molecule has 0 amide bonds. The summed E-state index contributed by atoms with van der Waals surface area (Å²) in [5.74, 6) is 2.65. The van der Waals surface area contributed by atoms with E-state index in [0.29, 0.717) is 0 Å². The Balaban J connectivity index is 4.01. The molecule has 0 saturated heterocycles. The van der Waals surface area contributed by atoms with Gasteiger partial charge in [0.15, 0.2) is 0 Å². The fraction of sp³-hybridized carbons (Fsp3) is 0.750. The van der Waals surface area contributed by atoms with E-state index in [-0.39, 0.29) is 6.61 Å². The quantitative estimate of drug-likeness (QED) is 0.109. The molecule has 0 spiro atoms.